The molecule has 5 nitrogen and oxygen atoms in total. The van der Waals surface area contributed by atoms with Crippen molar-refractivity contribution in [2.75, 3.05) is 13.7 Å². The number of hydrogen-bond acceptors (Lipinski definition) is 5. The van der Waals surface area contributed by atoms with Crippen molar-refractivity contribution in [1.82, 2.24) is 0 Å². The summed E-state index contributed by atoms with van der Waals surface area (Å²) in [6.45, 7) is 17.5. The molecule has 0 saturated carbocycles. The predicted octanol–water partition coefficient (Wildman–Crippen LogP) is 5.28. The predicted molar refractivity (Wildman–Crippen MR) is 115 cm³/mol. The van der Waals surface area contributed by atoms with Crippen LogP contribution in [0, 0.1) is 11.3 Å². The maximum absolute atomic E-state index is 10.3. The molecule has 1 aromatic rings. The Bertz CT molecular complexity index is 628. The van der Waals surface area contributed by atoms with Gasteiger partial charge in [-0.25, -0.2) is 9.59 Å². The summed E-state index contributed by atoms with van der Waals surface area (Å²) >= 11 is 0. The van der Waals surface area contributed by atoms with Crippen LogP contribution in [0.4, 0.5) is 0 Å². The van der Waals surface area contributed by atoms with E-state index in [0.29, 0.717) is 12.2 Å². The molecule has 0 aliphatic heterocycles. The zero-order valence-corrected chi connectivity index (χ0v) is 17.1. The van der Waals surface area contributed by atoms with E-state index >= 15 is 0 Å². The molecule has 152 valence electrons. The van der Waals surface area contributed by atoms with Crippen LogP contribution in [-0.2, 0) is 19.1 Å². The van der Waals surface area contributed by atoms with Gasteiger partial charge in [0.15, 0.2) is 0 Å². The van der Waals surface area contributed by atoms with E-state index in [2.05, 4.69) is 35.8 Å². The number of hydrogen-bond donors (Lipinski definition) is 0. The van der Waals surface area contributed by atoms with Gasteiger partial charge in [-0.1, -0.05) is 76.1 Å². The molecule has 5 heteroatoms. The highest BCUT2D eigenvalue weighted by Crippen LogP contribution is 1.97. The van der Waals surface area contributed by atoms with Crippen molar-refractivity contribution in [3.8, 4) is 6.07 Å². The molecule has 0 saturated heterocycles. The van der Waals surface area contributed by atoms with Crippen LogP contribution >= 0.6 is 0 Å². The van der Waals surface area contributed by atoms with E-state index < -0.39 is 0 Å². The number of nitriles is 1. The molecular weight excluding hydrogens is 354 g/mol. The Morgan fingerprint density at radius 1 is 1.18 bits per heavy atom. The molecule has 0 aliphatic carbocycles. The Balaban J connectivity index is -0.000000308. The first kappa shape index (κ1) is 29.4. The van der Waals surface area contributed by atoms with Crippen LogP contribution in [0.15, 0.2) is 74.4 Å². The number of allylic oxidation sites excluding steroid dienone is 1. The molecule has 1 rings (SSSR count). The molecule has 0 unspecified atom stereocenters. The Morgan fingerprint density at radius 2 is 1.71 bits per heavy atom. The van der Waals surface area contributed by atoms with E-state index in [1.54, 1.807) is 13.0 Å². The Hall–Kier alpha value is -3.39. The van der Waals surface area contributed by atoms with E-state index in [4.69, 9.17) is 5.26 Å². The van der Waals surface area contributed by atoms with Crippen molar-refractivity contribution in [3.05, 3.63) is 79.9 Å². The van der Waals surface area contributed by atoms with Crippen LogP contribution in [0.25, 0.3) is 6.08 Å². The summed E-state index contributed by atoms with van der Waals surface area (Å²) < 4.78 is 8.95. The summed E-state index contributed by atoms with van der Waals surface area (Å²) in [6.07, 6.45) is 6.17. The Morgan fingerprint density at radius 3 is 1.96 bits per heavy atom. The maximum Gasteiger partial charge on any atom is 0.332 e. The number of carbonyl (C=O) groups is 2. The zero-order valence-electron chi connectivity index (χ0n) is 17.1. The monoisotopic (exact) mass is 385 g/mol. The lowest BCUT2D eigenvalue weighted by Crippen LogP contribution is -2.00. The lowest BCUT2D eigenvalue weighted by Gasteiger charge is -1.97. The van der Waals surface area contributed by atoms with Gasteiger partial charge in [-0.15, -0.1) is 0 Å². The lowest BCUT2D eigenvalue weighted by atomic mass is 10.2. The number of esters is 2. The smallest absolute Gasteiger partial charge is 0.332 e. The second-order valence-corrected chi connectivity index (χ2v) is 4.95. The van der Waals surface area contributed by atoms with E-state index in [-0.39, 0.29) is 11.9 Å². The number of benzene rings is 1. The standard InChI is InChI=1S/C8H8.C7H12O2.C5H8O2.C3H3N/c1-2-8-6-4-3-5-7-8;1-3-5-6-9-7(8)4-2;1-4(2)5(6)7-3;1-2-3-4/h2-7H,1H2;4H,2-3,5-6H2,1H3;1H2,2-3H3;2H,1H2. The van der Waals surface area contributed by atoms with Gasteiger partial charge in [-0.05, 0) is 18.9 Å². The lowest BCUT2D eigenvalue weighted by molar-refractivity contribution is -0.138. The number of nitrogens with zero attached hydrogens (tertiary/aromatic N) is 1. The van der Waals surface area contributed by atoms with Gasteiger partial charge in [-0.3, -0.25) is 0 Å². The molecule has 0 amide bonds. The molecule has 0 aliphatic rings. The number of unbranched alkanes of at least 4 members (excludes halogenated alkanes) is 1. The molecule has 0 atom stereocenters. The first-order valence-electron chi connectivity index (χ1n) is 8.55. The highest BCUT2D eigenvalue weighted by Gasteiger charge is 1.95. The van der Waals surface area contributed by atoms with Crippen molar-refractivity contribution in [2.24, 2.45) is 0 Å². The Labute approximate surface area is 169 Å². The second kappa shape index (κ2) is 23.6. The SMILES string of the molecule is C=C(C)C(=O)OC.C=CC#N.C=CC(=O)OCCCC.C=Cc1ccccc1. The minimum absolute atomic E-state index is 0.330. The fourth-order valence-corrected chi connectivity index (χ4v) is 1.14. The average molecular weight is 386 g/mol. The molecule has 0 fully saturated rings. The van der Waals surface area contributed by atoms with Crippen LogP contribution in [0.3, 0.4) is 0 Å². The Kier molecular flexibility index (Phi) is 24.8. The van der Waals surface area contributed by atoms with Crippen LogP contribution in [0.5, 0.6) is 0 Å². The minimum atomic E-state index is -0.347. The molecule has 0 N–H and O–H groups in total. The summed E-state index contributed by atoms with van der Waals surface area (Å²) in [5.41, 5.74) is 1.61. The normalized spacial score (nSPS) is 7.64. The number of rotatable bonds is 6. The molecule has 28 heavy (non-hydrogen) atoms. The summed E-state index contributed by atoms with van der Waals surface area (Å²) in [5, 5.41) is 7.51. The molecule has 1 aromatic carbocycles. The summed E-state index contributed by atoms with van der Waals surface area (Å²) in [5.74, 6) is -0.677. The van der Waals surface area contributed by atoms with Crippen molar-refractivity contribution >= 4 is 18.0 Å². The van der Waals surface area contributed by atoms with Crippen molar-refractivity contribution in [2.45, 2.75) is 26.7 Å². The van der Waals surface area contributed by atoms with Crippen LogP contribution < -0.4 is 0 Å². The topological polar surface area (TPSA) is 76.4 Å². The van der Waals surface area contributed by atoms with Gasteiger partial charge >= 0.3 is 11.9 Å². The van der Waals surface area contributed by atoms with Crippen LogP contribution in [0.2, 0.25) is 0 Å². The third-order valence-corrected chi connectivity index (χ3v) is 2.57. The van der Waals surface area contributed by atoms with Crippen molar-refractivity contribution in [3.63, 3.8) is 0 Å². The van der Waals surface area contributed by atoms with E-state index in [1.807, 2.05) is 43.3 Å². The quantitative estimate of drug-likeness (QED) is 0.288. The summed E-state index contributed by atoms with van der Waals surface area (Å²) in [4.78, 5) is 20.5. The molecule has 0 heterocycles. The summed E-state index contributed by atoms with van der Waals surface area (Å²) in [7, 11) is 1.33. The van der Waals surface area contributed by atoms with E-state index in [1.165, 1.54) is 24.8 Å². The largest absolute Gasteiger partial charge is 0.466 e. The number of carbonyl (C=O) groups excluding carboxylic acids is 2. The first-order chi connectivity index (χ1) is 13.3. The van der Waals surface area contributed by atoms with Gasteiger partial charge in [0, 0.05) is 17.7 Å². The van der Waals surface area contributed by atoms with Crippen molar-refractivity contribution in [1.29, 1.82) is 5.26 Å². The fourth-order valence-electron chi connectivity index (χ4n) is 1.14. The third kappa shape index (κ3) is 24.9. The summed E-state index contributed by atoms with van der Waals surface area (Å²) in [6, 6.07) is 11.7. The average Bonchev–Trinajstić information content (AvgIpc) is 2.74. The van der Waals surface area contributed by atoms with Crippen molar-refractivity contribution < 1.29 is 19.1 Å². The van der Waals surface area contributed by atoms with E-state index in [0.717, 1.165) is 12.8 Å². The molecular formula is C23H31NO4. The zero-order chi connectivity index (χ0) is 22.2. The molecule has 0 radical (unpaired) electrons. The van der Waals surface area contributed by atoms with Gasteiger partial charge < -0.3 is 9.47 Å². The van der Waals surface area contributed by atoms with E-state index in [9.17, 15) is 9.59 Å². The minimum Gasteiger partial charge on any atom is -0.466 e. The van der Waals surface area contributed by atoms with Crippen LogP contribution in [0.1, 0.15) is 32.3 Å². The van der Waals surface area contributed by atoms with Gasteiger partial charge in [-0.2, -0.15) is 5.26 Å². The second-order valence-electron chi connectivity index (χ2n) is 4.95. The van der Waals surface area contributed by atoms with Gasteiger partial charge in [0.1, 0.15) is 0 Å². The molecule has 0 bridgehead atoms. The highest BCUT2D eigenvalue weighted by molar-refractivity contribution is 5.86. The fraction of sp³-hybridized carbons (Fsp3) is 0.261. The van der Waals surface area contributed by atoms with Gasteiger partial charge in [0.25, 0.3) is 0 Å². The molecule has 0 spiro atoms. The van der Waals surface area contributed by atoms with Crippen LogP contribution in [-0.4, -0.2) is 25.7 Å². The molecule has 0 aromatic heterocycles. The number of ether oxygens (including phenoxy) is 2. The maximum atomic E-state index is 10.3. The first-order valence-corrected chi connectivity index (χ1v) is 8.55. The highest BCUT2D eigenvalue weighted by atomic mass is 16.5. The van der Waals surface area contributed by atoms with Gasteiger partial charge in [0.05, 0.1) is 19.8 Å². The number of methoxy groups -OCH3 is 1. The third-order valence-electron chi connectivity index (χ3n) is 2.57. The van der Waals surface area contributed by atoms with Gasteiger partial charge in [0.2, 0.25) is 0 Å².